The van der Waals surface area contributed by atoms with Gasteiger partial charge in [-0.25, -0.2) is 8.78 Å². The molecule has 1 N–H and O–H groups in total. The second kappa shape index (κ2) is 4.91. The van der Waals surface area contributed by atoms with E-state index in [0.717, 1.165) is 0 Å². The van der Waals surface area contributed by atoms with Crippen molar-refractivity contribution >= 4 is 0 Å². The summed E-state index contributed by atoms with van der Waals surface area (Å²) in [6.07, 6.45) is -2.45. The summed E-state index contributed by atoms with van der Waals surface area (Å²) in [5.41, 5.74) is 0.479. The first-order valence-corrected chi connectivity index (χ1v) is 4.29. The molecule has 1 aromatic rings. The zero-order valence-electron chi connectivity index (χ0n) is 8.13. The summed E-state index contributed by atoms with van der Waals surface area (Å²) < 4.78 is 30.2. The summed E-state index contributed by atoms with van der Waals surface area (Å²) in [4.78, 5) is 0. The minimum absolute atomic E-state index is 0.479. The lowest BCUT2D eigenvalue weighted by atomic mass is 10.1. The van der Waals surface area contributed by atoms with E-state index in [-0.39, 0.29) is 0 Å². The number of rotatable bonds is 4. The number of benzene rings is 1. The quantitative estimate of drug-likeness (QED) is 0.806. The molecule has 1 rings (SSSR count). The van der Waals surface area contributed by atoms with Crippen molar-refractivity contribution in [1.29, 1.82) is 0 Å². The zero-order chi connectivity index (χ0) is 10.6. The Morgan fingerprint density at radius 2 is 1.93 bits per heavy atom. The van der Waals surface area contributed by atoms with Crippen LogP contribution in [0.2, 0.25) is 0 Å². The number of hydrogen-bond acceptors (Lipinski definition) is 2. The van der Waals surface area contributed by atoms with E-state index < -0.39 is 12.5 Å². The van der Waals surface area contributed by atoms with Crippen LogP contribution < -0.4 is 10.1 Å². The van der Waals surface area contributed by atoms with Crippen LogP contribution in [0, 0.1) is 0 Å². The highest BCUT2D eigenvalue weighted by molar-refractivity contribution is 5.36. The fourth-order valence-corrected chi connectivity index (χ4v) is 1.34. The molecule has 0 aromatic heterocycles. The number of para-hydroxylation sites is 1. The van der Waals surface area contributed by atoms with Crippen LogP contribution in [0.15, 0.2) is 24.3 Å². The molecule has 0 aliphatic carbocycles. The molecular formula is C10H13F2NO. The first-order valence-electron chi connectivity index (χ1n) is 4.29. The van der Waals surface area contributed by atoms with Crippen LogP contribution in [0.4, 0.5) is 8.78 Å². The minimum Gasteiger partial charge on any atom is -0.496 e. The van der Waals surface area contributed by atoms with E-state index in [1.54, 1.807) is 24.3 Å². The van der Waals surface area contributed by atoms with Gasteiger partial charge in [-0.1, -0.05) is 18.2 Å². The van der Waals surface area contributed by atoms with Crippen LogP contribution >= 0.6 is 0 Å². The molecule has 0 radical (unpaired) electrons. The number of halogens is 2. The molecule has 4 heteroatoms. The molecule has 0 aliphatic rings. The van der Waals surface area contributed by atoms with Gasteiger partial charge >= 0.3 is 0 Å². The Morgan fingerprint density at radius 1 is 1.29 bits per heavy atom. The van der Waals surface area contributed by atoms with E-state index in [0.29, 0.717) is 11.3 Å². The number of ether oxygens (including phenoxy) is 1. The second-order valence-corrected chi connectivity index (χ2v) is 2.84. The van der Waals surface area contributed by atoms with Gasteiger partial charge < -0.3 is 10.1 Å². The molecule has 0 aliphatic heterocycles. The summed E-state index contributed by atoms with van der Waals surface area (Å²) in [6, 6.07) is 5.78. The maximum Gasteiger partial charge on any atom is 0.257 e. The average molecular weight is 201 g/mol. The number of methoxy groups -OCH3 is 1. The molecule has 0 saturated heterocycles. The molecule has 14 heavy (non-hydrogen) atoms. The lowest BCUT2D eigenvalue weighted by molar-refractivity contribution is 0.101. The minimum atomic E-state index is -2.45. The third kappa shape index (κ3) is 2.20. The van der Waals surface area contributed by atoms with Crippen molar-refractivity contribution in [3.63, 3.8) is 0 Å². The predicted molar refractivity (Wildman–Crippen MR) is 50.8 cm³/mol. The van der Waals surface area contributed by atoms with Crippen molar-refractivity contribution in [2.24, 2.45) is 0 Å². The van der Waals surface area contributed by atoms with Crippen LogP contribution in [0.1, 0.15) is 11.6 Å². The van der Waals surface area contributed by atoms with E-state index in [2.05, 4.69) is 5.32 Å². The summed E-state index contributed by atoms with van der Waals surface area (Å²) >= 11 is 0. The van der Waals surface area contributed by atoms with Crippen LogP contribution in [0.25, 0.3) is 0 Å². The SMILES string of the molecule is CNC(c1ccccc1OC)C(F)F. The molecule has 1 unspecified atom stereocenters. The third-order valence-electron chi connectivity index (χ3n) is 2.04. The van der Waals surface area contributed by atoms with Crippen molar-refractivity contribution in [2.45, 2.75) is 12.5 Å². The van der Waals surface area contributed by atoms with E-state index >= 15 is 0 Å². The highest BCUT2D eigenvalue weighted by Crippen LogP contribution is 2.28. The Kier molecular flexibility index (Phi) is 3.83. The average Bonchev–Trinajstić information content (AvgIpc) is 2.19. The molecule has 0 heterocycles. The Labute approximate surface area is 81.9 Å². The van der Waals surface area contributed by atoms with Gasteiger partial charge in [0.15, 0.2) is 0 Å². The number of hydrogen-bond donors (Lipinski definition) is 1. The van der Waals surface area contributed by atoms with Gasteiger partial charge in [-0.3, -0.25) is 0 Å². The second-order valence-electron chi connectivity index (χ2n) is 2.84. The fraction of sp³-hybridized carbons (Fsp3) is 0.400. The molecule has 0 spiro atoms. The smallest absolute Gasteiger partial charge is 0.257 e. The van der Waals surface area contributed by atoms with Gasteiger partial charge in [0.1, 0.15) is 5.75 Å². The third-order valence-corrected chi connectivity index (χ3v) is 2.04. The molecule has 2 nitrogen and oxygen atoms in total. The molecule has 0 amide bonds. The van der Waals surface area contributed by atoms with E-state index in [1.807, 2.05) is 0 Å². The van der Waals surface area contributed by atoms with Gasteiger partial charge in [-0.15, -0.1) is 0 Å². The summed E-state index contributed by atoms with van der Waals surface area (Å²) in [7, 11) is 2.97. The van der Waals surface area contributed by atoms with Crippen LogP contribution in [-0.4, -0.2) is 20.6 Å². The largest absolute Gasteiger partial charge is 0.496 e. The predicted octanol–water partition coefficient (Wildman–Crippen LogP) is 2.22. The van der Waals surface area contributed by atoms with Crippen molar-refractivity contribution in [3.8, 4) is 5.75 Å². The van der Waals surface area contributed by atoms with Crippen LogP contribution in [-0.2, 0) is 0 Å². The van der Waals surface area contributed by atoms with Gasteiger partial charge in [-0.05, 0) is 13.1 Å². The Balaban J connectivity index is 3.02. The Hall–Kier alpha value is -1.16. The first kappa shape index (κ1) is 10.9. The number of alkyl halides is 2. The lowest BCUT2D eigenvalue weighted by Crippen LogP contribution is -2.24. The molecule has 1 atom stereocenters. The monoisotopic (exact) mass is 201 g/mol. The van der Waals surface area contributed by atoms with Gasteiger partial charge in [0.05, 0.1) is 13.2 Å². The van der Waals surface area contributed by atoms with Gasteiger partial charge in [0.2, 0.25) is 0 Å². The van der Waals surface area contributed by atoms with Gasteiger partial charge in [0.25, 0.3) is 6.43 Å². The van der Waals surface area contributed by atoms with Crippen LogP contribution in [0.5, 0.6) is 5.75 Å². The molecule has 78 valence electrons. The molecule has 0 fully saturated rings. The van der Waals surface area contributed by atoms with Crippen molar-refractivity contribution in [1.82, 2.24) is 5.32 Å². The van der Waals surface area contributed by atoms with Crippen molar-refractivity contribution in [3.05, 3.63) is 29.8 Å². The number of nitrogens with one attached hydrogen (secondary N) is 1. The highest BCUT2D eigenvalue weighted by atomic mass is 19.3. The lowest BCUT2D eigenvalue weighted by Gasteiger charge is -2.18. The van der Waals surface area contributed by atoms with Gasteiger partial charge in [0, 0.05) is 5.56 Å². The van der Waals surface area contributed by atoms with Crippen molar-refractivity contribution in [2.75, 3.05) is 14.2 Å². The first-order chi connectivity index (χ1) is 6.70. The highest BCUT2D eigenvalue weighted by Gasteiger charge is 2.22. The maximum atomic E-state index is 12.6. The molecule has 1 aromatic carbocycles. The topological polar surface area (TPSA) is 21.3 Å². The van der Waals surface area contributed by atoms with Crippen molar-refractivity contribution < 1.29 is 13.5 Å². The Morgan fingerprint density at radius 3 is 2.43 bits per heavy atom. The summed E-state index contributed by atoms with van der Waals surface area (Å²) in [5.74, 6) is 0.479. The molecular weight excluding hydrogens is 188 g/mol. The molecule has 0 bridgehead atoms. The fourth-order valence-electron chi connectivity index (χ4n) is 1.34. The summed E-state index contributed by atoms with van der Waals surface area (Å²) in [5, 5.41) is 2.56. The maximum absolute atomic E-state index is 12.6. The standard InChI is InChI=1S/C10H13F2NO/c1-13-9(10(11)12)7-5-3-4-6-8(7)14-2/h3-6,9-10,13H,1-2H3. The van der Waals surface area contributed by atoms with E-state index in [1.165, 1.54) is 14.2 Å². The van der Waals surface area contributed by atoms with E-state index in [9.17, 15) is 8.78 Å². The molecule has 0 saturated carbocycles. The normalized spacial score (nSPS) is 12.9. The Bertz CT molecular complexity index is 291. The van der Waals surface area contributed by atoms with Gasteiger partial charge in [-0.2, -0.15) is 0 Å². The van der Waals surface area contributed by atoms with Crippen LogP contribution in [0.3, 0.4) is 0 Å². The van der Waals surface area contributed by atoms with E-state index in [4.69, 9.17) is 4.74 Å². The zero-order valence-corrected chi connectivity index (χ0v) is 8.13. The summed E-state index contributed by atoms with van der Waals surface area (Å²) in [6.45, 7) is 0.